The lowest BCUT2D eigenvalue weighted by atomic mass is 9.82. The van der Waals surface area contributed by atoms with Crippen LogP contribution in [-0.4, -0.2) is 87.5 Å². The van der Waals surface area contributed by atoms with Gasteiger partial charge in [0.05, 0.1) is 35.7 Å². The largest absolute Gasteiger partial charge is 0.461 e. The van der Waals surface area contributed by atoms with E-state index in [-0.39, 0.29) is 11.4 Å². The molecule has 48 heavy (non-hydrogen) atoms. The third-order valence-corrected chi connectivity index (χ3v) is 10.6. The van der Waals surface area contributed by atoms with Crippen LogP contribution in [0, 0.1) is 5.92 Å². The van der Waals surface area contributed by atoms with Crippen LogP contribution in [0.1, 0.15) is 85.0 Å². The van der Waals surface area contributed by atoms with E-state index < -0.39 is 11.8 Å². The second-order valence-corrected chi connectivity index (χ2v) is 15.0. The molecule has 2 aromatic heterocycles. The number of nitrogen functional groups attached to an aromatic ring is 1. The van der Waals surface area contributed by atoms with Crippen molar-refractivity contribution in [2.45, 2.75) is 96.3 Å². The highest BCUT2D eigenvalue weighted by atomic mass is 19.1. The molecule has 1 aromatic carbocycles. The zero-order chi connectivity index (χ0) is 33.8. The lowest BCUT2D eigenvalue weighted by Gasteiger charge is -2.38. The van der Waals surface area contributed by atoms with E-state index in [1.165, 1.54) is 5.56 Å². The summed E-state index contributed by atoms with van der Waals surface area (Å²) in [4.78, 5) is 28.9. The molecule has 0 spiro atoms. The normalized spacial score (nSPS) is 25.5. The molecule has 0 aliphatic carbocycles. The van der Waals surface area contributed by atoms with Crippen molar-refractivity contribution in [3.05, 3.63) is 58.0 Å². The van der Waals surface area contributed by atoms with Crippen molar-refractivity contribution in [3.63, 3.8) is 0 Å². The Bertz CT molecular complexity index is 1690. The summed E-state index contributed by atoms with van der Waals surface area (Å²) in [7, 11) is 3.47. The standard InChI is InChI=1S/C36H49FN8O3/c1-23(2)14-24-8-9-26(38)15-29(24)35(3)18-31-28(21-48-35)32(40-34(39-31)47-22-36-10-6-12-44(36)19-25(37)17-36)43-11-7-13-45-27(20-43)16-30(41-45)33(46)42(4)5/h8-9,15-16,23,25H,6-7,10-14,17-22,38H2,1-5H3/t25-,35+,36+/m1/s1. The van der Waals surface area contributed by atoms with Gasteiger partial charge in [0.25, 0.3) is 5.91 Å². The number of amides is 1. The highest BCUT2D eigenvalue weighted by Gasteiger charge is 2.49. The molecular formula is C36H49FN8O3. The lowest BCUT2D eigenvalue weighted by Crippen LogP contribution is -2.43. The van der Waals surface area contributed by atoms with Crippen molar-refractivity contribution in [2.75, 3.05) is 51.0 Å². The topological polar surface area (TPSA) is 115 Å². The van der Waals surface area contributed by atoms with E-state index in [1.807, 2.05) is 22.9 Å². The van der Waals surface area contributed by atoms with Gasteiger partial charge in [-0.15, -0.1) is 0 Å². The molecule has 4 aliphatic rings. The van der Waals surface area contributed by atoms with E-state index >= 15 is 0 Å². The maximum atomic E-state index is 14.6. The van der Waals surface area contributed by atoms with Crippen molar-refractivity contribution in [1.29, 1.82) is 0 Å². The summed E-state index contributed by atoms with van der Waals surface area (Å²) in [5.41, 5.74) is 11.6. The van der Waals surface area contributed by atoms with Crippen LogP contribution in [0.15, 0.2) is 24.3 Å². The zero-order valence-electron chi connectivity index (χ0n) is 29.0. The van der Waals surface area contributed by atoms with Crippen molar-refractivity contribution in [3.8, 4) is 6.01 Å². The third-order valence-electron chi connectivity index (χ3n) is 10.6. The molecule has 0 unspecified atom stereocenters. The first kappa shape index (κ1) is 32.8. The van der Waals surface area contributed by atoms with Crippen LogP contribution in [0.3, 0.4) is 0 Å². The molecule has 6 heterocycles. The predicted octanol–water partition coefficient (Wildman–Crippen LogP) is 4.51. The van der Waals surface area contributed by atoms with E-state index in [9.17, 15) is 9.18 Å². The molecule has 0 bridgehead atoms. The highest BCUT2D eigenvalue weighted by Crippen LogP contribution is 2.43. The summed E-state index contributed by atoms with van der Waals surface area (Å²) >= 11 is 0. The van der Waals surface area contributed by atoms with Gasteiger partial charge in [0.15, 0.2) is 5.69 Å². The van der Waals surface area contributed by atoms with Gasteiger partial charge in [-0.2, -0.15) is 15.1 Å². The first-order valence-corrected chi connectivity index (χ1v) is 17.4. The van der Waals surface area contributed by atoms with E-state index in [4.69, 9.17) is 25.2 Å². The molecule has 12 heteroatoms. The number of ether oxygens (including phenoxy) is 2. The summed E-state index contributed by atoms with van der Waals surface area (Å²) in [5.74, 6) is 1.13. The molecule has 1 amide bonds. The van der Waals surface area contributed by atoms with Crippen molar-refractivity contribution in [1.82, 2.24) is 29.5 Å². The van der Waals surface area contributed by atoms with Gasteiger partial charge in [-0.25, -0.2) is 4.39 Å². The Labute approximate surface area is 282 Å². The summed E-state index contributed by atoms with van der Waals surface area (Å²) in [5, 5.41) is 4.63. The van der Waals surface area contributed by atoms with Gasteiger partial charge < -0.3 is 25.0 Å². The fraction of sp³-hybridized carbons (Fsp3) is 0.611. The molecule has 4 aliphatic heterocycles. The van der Waals surface area contributed by atoms with Gasteiger partial charge in [0, 0.05) is 57.8 Å². The number of anilines is 2. The van der Waals surface area contributed by atoms with Gasteiger partial charge in [-0.05, 0) is 74.4 Å². The maximum Gasteiger partial charge on any atom is 0.318 e. The number of carbonyl (C=O) groups excluding carboxylic acids is 1. The minimum atomic E-state index is -0.837. The van der Waals surface area contributed by atoms with Gasteiger partial charge in [0.1, 0.15) is 18.6 Å². The summed E-state index contributed by atoms with van der Waals surface area (Å²) in [6, 6.07) is 8.33. The minimum Gasteiger partial charge on any atom is -0.461 e. The molecule has 258 valence electrons. The number of nitrogens with two attached hydrogens (primary N) is 1. The van der Waals surface area contributed by atoms with Crippen LogP contribution in [0.25, 0.3) is 0 Å². The van der Waals surface area contributed by atoms with Gasteiger partial charge in [-0.3, -0.25) is 14.4 Å². The van der Waals surface area contributed by atoms with E-state index in [2.05, 4.69) is 41.7 Å². The Morgan fingerprint density at radius 2 is 2.02 bits per heavy atom. The molecule has 2 saturated heterocycles. The third kappa shape index (κ3) is 6.13. The number of fused-ring (bicyclic) bond motifs is 3. The number of aromatic nitrogens is 4. The van der Waals surface area contributed by atoms with Crippen LogP contribution in [0.2, 0.25) is 0 Å². The number of hydrogen-bond acceptors (Lipinski definition) is 9. The Morgan fingerprint density at radius 1 is 1.19 bits per heavy atom. The molecule has 11 nitrogen and oxygen atoms in total. The first-order valence-electron chi connectivity index (χ1n) is 17.4. The number of rotatable bonds is 8. The number of nitrogens with zero attached hydrogens (tertiary/aromatic N) is 7. The zero-order valence-corrected chi connectivity index (χ0v) is 29.0. The number of benzene rings is 1. The lowest BCUT2D eigenvalue weighted by molar-refractivity contribution is -0.0611. The average Bonchev–Trinajstić information content (AvgIpc) is 3.66. The Hall–Kier alpha value is -3.77. The van der Waals surface area contributed by atoms with Crippen LogP contribution in [0.4, 0.5) is 15.9 Å². The molecule has 0 radical (unpaired) electrons. The minimum absolute atomic E-state index is 0.119. The smallest absolute Gasteiger partial charge is 0.318 e. The van der Waals surface area contributed by atoms with Crippen LogP contribution in [-0.2, 0) is 42.9 Å². The average molecular weight is 661 g/mol. The van der Waals surface area contributed by atoms with Crippen molar-refractivity contribution < 1.29 is 18.7 Å². The molecule has 2 fully saturated rings. The van der Waals surface area contributed by atoms with E-state index in [0.717, 1.165) is 67.1 Å². The summed E-state index contributed by atoms with van der Waals surface area (Å²) in [6.45, 7) is 10.6. The molecule has 2 N–H and O–H groups in total. The number of alkyl halides is 1. The van der Waals surface area contributed by atoms with Gasteiger partial charge in [-0.1, -0.05) is 19.9 Å². The monoisotopic (exact) mass is 660 g/mol. The van der Waals surface area contributed by atoms with Crippen LogP contribution in [0.5, 0.6) is 6.01 Å². The van der Waals surface area contributed by atoms with Gasteiger partial charge in [0.2, 0.25) is 0 Å². The number of aryl methyl sites for hydroxylation is 1. The highest BCUT2D eigenvalue weighted by molar-refractivity contribution is 5.92. The van der Waals surface area contributed by atoms with Crippen LogP contribution >= 0.6 is 0 Å². The van der Waals surface area contributed by atoms with Crippen molar-refractivity contribution >= 4 is 17.4 Å². The predicted molar refractivity (Wildman–Crippen MR) is 182 cm³/mol. The van der Waals surface area contributed by atoms with Gasteiger partial charge >= 0.3 is 6.01 Å². The summed E-state index contributed by atoms with van der Waals surface area (Å²) in [6.07, 6.45) is 3.87. The fourth-order valence-corrected chi connectivity index (χ4v) is 8.22. The number of halogens is 1. The Morgan fingerprint density at radius 3 is 2.81 bits per heavy atom. The SMILES string of the molecule is CC(C)Cc1ccc(N)cc1[C@]1(C)Cc2nc(OC[C@@]34CCCN3C[C@H](F)C4)nc(N3CCCn4nc(C(=O)N(C)C)cc4C3)c2CO1. The molecule has 7 rings (SSSR count). The first-order chi connectivity index (χ1) is 22.9. The number of hydrogen-bond donors (Lipinski definition) is 1. The fourth-order valence-electron chi connectivity index (χ4n) is 8.22. The molecule has 3 aromatic rings. The van der Waals surface area contributed by atoms with E-state index in [1.54, 1.807) is 19.0 Å². The quantitative estimate of drug-likeness (QED) is 0.349. The second kappa shape index (κ2) is 12.6. The molecule has 3 atom stereocenters. The van der Waals surface area contributed by atoms with Crippen LogP contribution < -0.4 is 15.4 Å². The molecule has 0 saturated carbocycles. The Balaban J connectivity index is 1.25. The van der Waals surface area contributed by atoms with Crippen molar-refractivity contribution in [2.24, 2.45) is 5.92 Å². The second-order valence-electron chi connectivity index (χ2n) is 15.0. The maximum absolute atomic E-state index is 14.6. The summed E-state index contributed by atoms with van der Waals surface area (Å²) < 4.78 is 29.8. The van der Waals surface area contributed by atoms with E-state index in [0.29, 0.717) is 69.0 Å². The molecular weight excluding hydrogens is 611 g/mol. The number of carbonyl (C=O) groups is 1. The Kier molecular flexibility index (Phi) is 8.60.